The number of carboxylic acid groups (broad SMARTS) is 1. The van der Waals surface area contributed by atoms with Crippen molar-refractivity contribution < 1.29 is 19.4 Å². The molecule has 2 fully saturated rings. The number of nitrogens with zero attached hydrogens (tertiary/aromatic N) is 3. The minimum Gasteiger partial charge on any atom is -0.477 e. The molecule has 0 spiro atoms. The van der Waals surface area contributed by atoms with E-state index in [0.717, 1.165) is 44.2 Å². The number of likely N-dealkylation sites (tertiary alicyclic amines) is 1. The molecule has 1 aliphatic heterocycles. The van der Waals surface area contributed by atoms with Crippen LogP contribution in [-0.4, -0.2) is 51.0 Å². The zero-order chi connectivity index (χ0) is 16.4. The second kappa shape index (κ2) is 6.60. The first-order chi connectivity index (χ1) is 11.0. The number of carboxylic acids is 1. The van der Waals surface area contributed by atoms with Crippen LogP contribution in [0.25, 0.3) is 0 Å². The highest BCUT2D eigenvalue weighted by molar-refractivity contribution is 5.85. The van der Waals surface area contributed by atoms with Crippen molar-refractivity contribution in [2.24, 2.45) is 7.05 Å². The molecule has 7 nitrogen and oxygen atoms in total. The van der Waals surface area contributed by atoms with Gasteiger partial charge in [0.15, 0.2) is 0 Å². The number of hydrogen-bond donors (Lipinski definition) is 1. The van der Waals surface area contributed by atoms with Crippen molar-refractivity contribution >= 4 is 12.1 Å². The quantitative estimate of drug-likeness (QED) is 0.924. The minimum absolute atomic E-state index is 0.0918. The first-order valence-corrected chi connectivity index (χ1v) is 8.27. The molecule has 1 N–H and O–H groups in total. The molecule has 23 heavy (non-hydrogen) atoms. The van der Waals surface area contributed by atoms with Gasteiger partial charge < -0.3 is 14.7 Å². The average molecular weight is 321 g/mol. The van der Waals surface area contributed by atoms with E-state index in [2.05, 4.69) is 5.10 Å². The molecule has 2 aliphatic rings. The molecule has 1 aliphatic carbocycles. The highest BCUT2D eigenvalue weighted by Crippen LogP contribution is 2.29. The van der Waals surface area contributed by atoms with Gasteiger partial charge >= 0.3 is 12.1 Å². The van der Waals surface area contributed by atoms with Crippen molar-refractivity contribution in [3.05, 3.63) is 17.5 Å². The molecule has 1 saturated carbocycles. The van der Waals surface area contributed by atoms with Crippen LogP contribution in [0.4, 0.5) is 4.79 Å². The molecule has 7 heteroatoms. The predicted octanol–water partition coefficient (Wildman–Crippen LogP) is 2.38. The van der Waals surface area contributed by atoms with E-state index in [0.29, 0.717) is 13.1 Å². The highest BCUT2D eigenvalue weighted by atomic mass is 16.6. The van der Waals surface area contributed by atoms with Crippen LogP contribution < -0.4 is 0 Å². The molecule has 3 rings (SSSR count). The molecule has 1 aromatic heterocycles. The molecular weight excluding hydrogens is 298 g/mol. The molecule has 0 bridgehead atoms. The first-order valence-electron chi connectivity index (χ1n) is 8.27. The Kier molecular flexibility index (Phi) is 4.54. The maximum Gasteiger partial charge on any atom is 0.410 e. The van der Waals surface area contributed by atoms with Crippen molar-refractivity contribution in [1.82, 2.24) is 14.7 Å². The number of aromatic nitrogens is 2. The third-order valence-electron chi connectivity index (χ3n) is 4.86. The van der Waals surface area contributed by atoms with Gasteiger partial charge in [0, 0.05) is 26.1 Å². The summed E-state index contributed by atoms with van der Waals surface area (Å²) in [5, 5.41) is 13.4. The second-order valence-electron chi connectivity index (χ2n) is 6.43. The molecular formula is C16H23N3O4. The molecule has 0 radical (unpaired) electrons. The minimum atomic E-state index is -0.969. The van der Waals surface area contributed by atoms with Gasteiger partial charge in [-0.05, 0) is 44.6 Å². The summed E-state index contributed by atoms with van der Waals surface area (Å²) in [6.45, 7) is 1.27. The van der Waals surface area contributed by atoms with E-state index in [4.69, 9.17) is 9.84 Å². The van der Waals surface area contributed by atoms with Crippen LogP contribution in [0, 0.1) is 0 Å². The molecule has 1 saturated heterocycles. The van der Waals surface area contributed by atoms with E-state index in [1.54, 1.807) is 18.0 Å². The number of rotatable bonds is 3. The van der Waals surface area contributed by atoms with Crippen LogP contribution in [0.15, 0.2) is 6.07 Å². The Morgan fingerprint density at radius 2 is 1.87 bits per heavy atom. The number of aromatic carboxylic acids is 1. The van der Waals surface area contributed by atoms with Crippen LogP contribution in [-0.2, 0) is 11.8 Å². The van der Waals surface area contributed by atoms with E-state index >= 15 is 0 Å². The summed E-state index contributed by atoms with van der Waals surface area (Å²) in [4.78, 5) is 25.0. The number of aryl methyl sites for hydroxylation is 1. The van der Waals surface area contributed by atoms with Gasteiger partial charge in [-0.2, -0.15) is 5.10 Å². The Balaban J connectivity index is 1.54. The maximum absolute atomic E-state index is 12.2. The SMILES string of the molecule is Cn1nc(C2CCN(C(=O)OC3CCCC3)CC2)cc1C(=O)O. The van der Waals surface area contributed by atoms with Crippen molar-refractivity contribution in [3.8, 4) is 0 Å². The number of hydrogen-bond acceptors (Lipinski definition) is 4. The summed E-state index contributed by atoms with van der Waals surface area (Å²) in [6, 6.07) is 1.64. The fraction of sp³-hybridized carbons (Fsp3) is 0.688. The monoisotopic (exact) mass is 321 g/mol. The molecule has 1 amide bonds. The van der Waals surface area contributed by atoms with Crippen LogP contribution >= 0.6 is 0 Å². The topological polar surface area (TPSA) is 84.7 Å². The number of amides is 1. The van der Waals surface area contributed by atoms with Gasteiger partial charge in [-0.3, -0.25) is 4.68 Å². The smallest absolute Gasteiger partial charge is 0.410 e. The average Bonchev–Trinajstić information content (AvgIpc) is 3.17. The molecule has 0 atom stereocenters. The normalized spacial score (nSPS) is 20.0. The van der Waals surface area contributed by atoms with Crippen LogP contribution in [0.2, 0.25) is 0 Å². The Hall–Kier alpha value is -2.05. The fourth-order valence-corrected chi connectivity index (χ4v) is 3.47. The largest absolute Gasteiger partial charge is 0.477 e. The van der Waals surface area contributed by atoms with Crippen molar-refractivity contribution in [1.29, 1.82) is 0 Å². The zero-order valence-electron chi connectivity index (χ0n) is 13.4. The third kappa shape index (κ3) is 3.48. The molecule has 1 aromatic rings. The summed E-state index contributed by atoms with van der Waals surface area (Å²) in [7, 11) is 1.64. The van der Waals surface area contributed by atoms with E-state index in [-0.39, 0.29) is 23.8 Å². The van der Waals surface area contributed by atoms with Gasteiger partial charge in [0.25, 0.3) is 0 Å². The Morgan fingerprint density at radius 1 is 1.22 bits per heavy atom. The van der Waals surface area contributed by atoms with Crippen molar-refractivity contribution in [2.75, 3.05) is 13.1 Å². The van der Waals surface area contributed by atoms with Gasteiger partial charge in [0.05, 0.1) is 5.69 Å². The third-order valence-corrected chi connectivity index (χ3v) is 4.86. The number of piperidine rings is 1. The molecule has 0 aromatic carbocycles. The Bertz CT molecular complexity index is 584. The van der Waals surface area contributed by atoms with E-state index < -0.39 is 5.97 Å². The summed E-state index contributed by atoms with van der Waals surface area (Å²) >= 11 is 0. The van der Waals surface area contributed by atoms with E-state index in [9.17, 15) is 9.59 Å². The predicted molar refractivity (Wildman–Crippen MR) is 82.5 cm³/mol. The fourth-order valence-electron chi connectivity index (χ4n) is 3.47. The lowest BCUT2D eigenvalue weighted by molar-refractivity contribution is 0.0584. The zero-order valence-corrected chi connectivity index (χ0v) is 13.4. The van der Waals surface area contributed by atoms with Gasteiger partial charge in [0.2, 0.25) is 0 Å². The van der Waals surface area contributed by atoms with Crippen LogP contribution in [0.3, 0.4) is 0 Å². The molecule has 126 valence electrons. The van der Waals surface area contributed by atoms with Crippen molar-refractivity contribution in [3.63, 3.8) is 0 Å². The van der Waals surface area contributed by atoms with Crippen LogP contribution in [0.5, 0.6) is 0 Å². The second-order valence-corrected chi connectivity index (χ2v) is 6.43. The number of carbonyl (C=O) groups excluding carboxylic acids is 1. The lowest BCUT2D eigenvalue weighted by Gasteiger charge is -2.31. The lowest BCUT2D eigenvalue weighted by atomic mass is 9.93. The lowest BCUT2D eigenvalue weighted by Crippen LogP contribution is -2.39. The van der Waals surface area contributed by atoms with Gasteiger partial charge in [-0.25, -0.2) is 9.59 Å². The number of ether oxygens (including phenoxy) is 1. The van der Waals surface area contributed by atoms with Gasteiger partial charge in [0.1, 0.15) is 11.8 Å². The highest BCUT2D eigenvalue weighted by Gasteiger charge is 2.29. The Morgan fingerprint density at radius 3 is 2.43 bits per heavy atom. The summed E-state index contributed by atoms with van der Waals surface area (Å²) in [5.74, 6) is -0.770. The molecule has 0 unspecified atom stereocenters. The van der Waals surface area contributed by atoms with Gasteiger partial charge in [-0.1, -0.05) is 0 Å². The maximum atomic E-state index is 12.2. The summed E-state index contributed by atoms with van der Waals surface area (Å²) in [6.07, 6.45) is 5.71. The van der Waals surface area contributed by atoms with E-state index in [1.807, 2.05) is 0 Å². The number of carbonyl (C=O) groups is 2. The molecule has 2 heterocycles. The first kappa shape index (κ1) is 15.8. The van der Waals surface area contributed by atoms with E-state index in [1.165, 1.54) is 4.68 Å². The standard InChI is InChI=1S/C16H23N3O4/c1-18-14(15(20)21)10-13(17-18)11-6-8-19(9-7-11)16(22)23-12-4-2-3-5-12/h10-12H,2-9H2,1H3,(H,20,21). The summed E-state index contributed by atoms with van der Waals surface area (Å²) < 4.78 is 6.94. The van der Waals surface area contributed by atoms with Gasteiger partial charge in [-0.15, -0.1) is 0 Å². The van der Waals surface area contributed by atoms with Crippen LogP contribution in [0.1, 0.15) is 60.6 Å². The Labute approximate surface area is 135 Å². The van der Waals surface area contributed by atoms with Crippen molar-refractivity contribution in [2.45, 2.75) is 50.5 Å². The summed E-state index contributed by atoms with van der Waals surface area (Å²) in [5.41, 5.74) is 0.997.